The van der Waals surface area contributed by atoms with Crippen LogP contribution in [0.2, 0.25) is 0 Å². The first-order valence-electron chi connectivity index (χ1n) is 6.21. The Hall–Kier alpha value is -0.830. The van der Waals surface area contributed by atoms with E-state index in [4.69, 9.17) is 0 Å². The van der Waals surface area contributed by atoms with Gasteiger partial charge in [-0.1, -0.05) is 20.8 Å². The molecule has 1 saturated heterocycles. The van der Waals surface area contributed by atoms with Crippen molar-refractivity contribution in [3.05, 3.63) is 18.2 Å². The van der Waals surface area contributed by atoms with Gasteiger partial charge in [-0.3, -0.25) is 4.90 Å². The van der Waals surface area contributed by atoms with Gasteiger partial charge in [-0.2, -0.15) is 0 Å². The van der Waals surface area contributed by atoms with Crippen LogP contribution in [0.5, 0.6) is 0 Å². The summed E-state index contributed by atoms with van der Waals surface area (Å²) in [5.41, 5.74) is 0.240. The van der Waals surface area contributed by atoms with Crippen LogP contribution in [0.15, 0.2) is 12.4 Å². The minimum Gasteiger partial charge on any atom is -0.337 e. The Kier molecular flexibility index (Phi) is 3.06. The van der Waals surface area contributed by atoms with Crippen LogP contribution in [0.4, 0.5) is 0 Å². The molecule has 0 aromatic carbocycles. The summed E-state index contributed by atoms with van der Waals surface area (Å²) in [6.07, 6.45) is 6.61. The standard InChI is InChI=1S/C13H23N3/c1-13(2,3)11(16-8-5-6-9-16)12-14-7-10-15(12)4/h7,10-11H,5-6,8-9H2,1-4H3. The van der Waals surface area contributed by atoms with Crippen LogP contribution in [0.3, 0.4) is 0 Å². The Balaban J connectivity index is 2.31. The molecule has 1 fully saturated rings. The van der Waals surface area contributed by atoms with E-state index in [1.165, 1.54) is 31.8 Å². The van der Waals surface area contributed by atoms with Gasteiger partial charge in [-0.15, -0.1) is 0 Å². The number of hydrogen-bond acceptors (Lipinski definition) is 2. The maximum Gasteiger partial charge on any atom is 0.126 e. The molecule has 3 nitrogen and oxygen atoms in total. The quantitative estimate of drug-likeness (QED) is 0.765. The third-order valence-corrected chi connectivity index (χ3v) is 3.43. The van der Waals surface area contributed by atoms with Crippen LogP contribution in [0.1, 0.15) is 45.5 Å². The van der Waals surface area contributed by atoms with Gasteiger partial charge in [0.05, 0.1) is 6.04 Å². The Morgan fingerprint density at radius 2 is 1.88 bits per heavy atom. The maximum atomic E-state index is 4.55. The van der Waals surface area contributed by atoms with Crippen molar-refractivity contribution < 1.29 is 0 Å². The Morgan fingerprint density at radius 1 is 1.25 bits per heavy atom. The van der Waals surface area contributed by atoms with Crippen molar-refractivity contribution >= 4 is 0 Å². The predicted octanol–water partition coefficient (Wildman–Crippen LogP) is 2.60. The van der Waals surface area contributed by atoms with Gasteiger partial charge in [0, 0.05) is 19.4 Å². The lowest BCUT2D eigenvalue weighted by molar-refractivity contribution is 0.114. The highest BCUT2D eigenvalue weighted by molar-refractivity contribution is 5.04. The van der Waals surface area contributed by atoms with E-state index in [1.807, 2.05) is 12.4 Å². The molecule has 1 aliphatic heterocycles. The van der Waals surface area contributed by atoms with Crippen molar-refractivity contribution in [2.75, 3.05) is 13.1 Å². The Labute approximate surface area is 98.5 Å². The van der Waals surface area contributed by atoms with Crippen LogP contribution in [-0.2, 0) is 7.05 Å². The Bertz CT molecular complexity index is 342. The van der Waals surface area contributed by atoms with Gasteiger partial charge in [0.2, 0.25) is 0 Å². The van der Waals surface area contributed by atoms with E-state index in [9.17, 15) is 0 Å². The summed E-state index contributed by atoms with van der Waals surface area (Å²) in [6.45, 7) is 9.36. The topological polar surface area (TPSA) is 21.1 Å². The molecule has 1 aromatic rings. The zero-order chi connectivity index (χ0) is 11.8. The van der Waals surface area contributed by atoms with Crippen LogP contribution in [0, 0.1) is 5.41 Å². The minimum atomic E-state index is 0.240. The molecular weight excluding hydrogens is 198 g/mol. The summed E-state index contributed by atoms with van der Waals surface area (Å²) in [6, 6.07) is 0.440. The van der Waals surface area contributed by atoms with Crippen molar-refractivity contribution in [2.45, 2.75) is 39.7 Å². The van der Waals surface area contributed by atoms with E-state index in [-0.39, 0.29) is 5.41 Å². The molecule has 0 saturated carbocycles. The zero-order valence-electron chi connectivity index (χ0n) is 10.9. The van der Waals surface area contributed by atoms with E-state index in [0.717, 1.165) is 0 Å². The second-order valence-corrected chi connectivity index (χ2v) is 5.91. The van der Waals surface area contributed by atoms with Crippen molar-refractivity contribution in [2.24, 2.45) is 12.5 Å². The smallest absolute Gasteiger partial charge is 0.126 e. The molecule has 0 spiro atoms. The fourth-order valence-corrected chi connectivity index (χ4v) is 2.74. The summed E-state index contributed by atoms with van der Waals surface area (Å²) in [7, 11) is 2.09. The summed E-state index contributed by atoms with van der Waals surface area (Å²) >= 11 is 0. The molecule has 16 heavy (non-hydrogen) atoms. The third kappa shape index (κ3) is 2.14. The fraction of sp³-hybridized carbons (Fsp3) is 0.769. The first-order chi connectivity index (χ1) is 7.50. The molecule has 1 atom stereocenters. The van der Waals surface area contributed by atoms with Gasteiger partial charge in [0.1, 0.15) is 5.82 Å². The molecule has 3 heteroatoms. The lowest BCUT2D eigenvalue weighted by atomic mass is 9.85. The second kappa shape index (κ2) is 4.21. The van der Waals surface area contributed by atoms with E-state index in [1.54, 1.807) is 0 Å². The van der Waals surface area contributed by atoms with E-state index >= 15 is 0 Å². The molecule has 0 aliphatic carbocycles. The van der Waals surface area contributed by atoms with Gasteiger partial charge in [-0.25, -0.2) is 4.98 Å². The maximum absolute atomic E-state index is 4.55. The van der Waals surface area contributed by atoms with E-state index in [0.29, 0.717) is 6.04 Å². The van der Waals surface area contributed by atoms with Crippen LogP contribution in [0.25, 0.3) is 0 Å². The average molecular weight is 221 g/mol. The molecular formula is C13H23N3. The molecule has 0 radical (unpaired) electrons. The van der Waals surface area contributed by atoms with Crippen LogP contribution >= 0.6 is 0 Å². The number of nitrogens with zero attached hydrogens (tertiary/aromatic N) is 3. The van der Waals surface area contributed by atoms with Gasteiger partial charge < -0.3 is 4.57 Å². The van der Waals surface area contributed by atoms with Crippen molar-refractivity contribution in [1.29, 1.82) is 0 Å². The summed E-state index contributed by atoms with van der Waals surface area (Å²) in [5.74, 6) is 1.20. The normalized spacial score (nSPS) is 20.2. The molecule has 90 valence electrons. The van der Waals surface area contributed by atoms with Gasteiger partial charge in [0.15, 0.2) is 0 Å². The van der Waals surface area contributed by atoms with E-state index < -0.39 is 0 Å². The SMILES string of the molecule is Cn1ccnc1C(N1CCCC1)C(C)(C)C. The molecule has 1 aromatic heterocycles. The highest BCUT2D eigenvalue weighted by Crippen LogP contribution is 2.38. The number of aryl methyl sites for hydroxylation is 1. The number of hydrogen-bond donors (Lipinski definition) is 0. The Morgan fingerprint density at radius 3 is 2.31 bits per heavy atom. The van der Waals surface area contributed by atoms with Gasteiger partial charge in [0.25, 0.3) is 0 Å². The lowest BCUT2D eigenvalue weighted by Crippen LogP contribution is -2.36. The number of likely N-dealkylation sites (tertiary alicyclic amines) is 1. The largest absolute Gasteiger partial charge is 0.337 e. The third-order valence-electron chi connectivity index (χ3n) is 3.43. The summed E-state index contributed by atoms with van der Waals surface area (Å²) < 4.78 is 2.16. The van der Waals surface area contributed by atoms with Crippen molar-refractivity contribution in [1.82, 2.24) is 14.5 Å². The van der Waals surface area contributed by atoms with Crippen molar-refractivity contribution in [3.63, 3.8) is 0 Å². The monoisotopic (exact) mass is 221 g/mol. The summed E-state index contributed by atoms with van der Waals surface area (Å²) in [4.78, 5) is 7.13. The molecule has 2 heterocycles. The lowest BCUT2D eigenvalue weighted by Gasteiger charge is -2.37. The van der Waals surface area contributed by atoms with Crippen LogP contribution in [-0.4, -0.2) is 27.5 Å². The van der Waals surface area contributed by atoms with Gasteiger partial charge in [-0.05, 0) is 31.3 Å². The highest BCUT2D eigenvalue weighted by atomic mass is 15.2. The predicted molar refractivity (Wildman–Crippen MR) is 66.2 cm³/mol. The van der Waals surface area contributed by atoms with Crippen LogP contribution < -0.4 is 0 Å². The molecule has 1 unspecified atom stereocenters. The minimum absolute atomic E-state index is 0.240. The number of aromatic nitrogens is 2. The summed E-state index contributed by atoms with van der Waals surface area (Å²) in [5, 5.41) is 0. The first kappa shape index (κ1) is 11.6. The number of imidazole rings is 1. The molecule has 1 aliphatic rings. The first-order valence-corrected chi connectivity index (χ1v) is 6.21. The zero-order valence-corrected chi connectivity index (χ0v) is 10.9. The van der Waals surface area contributed by atoms with Gasteiger partial charge >= 0.3 is 0 Å². The van der Waals surface area contributed by atoms with E-state index in [2.05, 4.69) is 42.3 Å². The van der Waals surface area contributed by atoms with Crippen molar-refractivity contribution in [3.8, 4) is 0 Å². The fourth-order valence-electron chi connectivity index (χ4n) is 2.74. The second-order valence-electron chi connectivity index (χ2n) is 5.91. The molecule has 0 amide bonds. The average Bonchev–Trinajstić information content (AvgIpc) is 2.77. The highest BCUT2D eigenvalue weighted by Gasteiger charge is 2.35. The molecule has 0 N–H and O–H groups in total. The molecule has 2 rings (SSSR count). The number of rotatable bonds is 2. The molecule has 0 bridgehead atoms.